The summed E-state index contributed by atoms with van der Waals surface area (Å²) in [5, 5.41) is 1.00. The van der Waals surface area contributed by atoms with E-state index in [2.05, 4.69) is 164 Å². The molecule has 0 spiro atoms. The van der Waals surface area contributed by atoms with Crippen LogP contribution in [0, 0.1) is 24.4 Å². The number of aromatic nitrogens is 3. The normalized spacial score (nSPS) is 14.6. The molecule has 0 fully saturated rings. The van der Waals surface area contributed by atoms with E-state index in [1.54, 1.807) is 18.3 Å². The van der Waals surface area contributed by atoms with Gasteiger partial charge in [-0.05, 0) is 74.6 Å². The van der Waals surface area contributed by atoms with Gasteiger partial charge in [-0.1, -0.05) is 157 Å². The summed E-state index contributed by atoms with van der Waals surface area (Å²) >= 11 is 0. The molecule has 0 saturated carbocycles. The summed E-state index contributed by atoms with van der Waals surface area (Å²) in [6.45, 7) is 14.7. The Morgan fingerprint density at radius 3 is 2.10 bits per heavy atom. The smallest absolute Gasteiger partial charge is 0.0798 e. The van der Waals surface area contributed by atoms with Crippen LogP contribution in [-0.4, -0.2) is 22.6 Å². The molecule has 0 bridgehead atoms. The molecule has 3 nitrogen and oxygen atoms in total. The van der Waals surface area contributed by atoms with E-state index in [0.29, 0.717) is 16.8 Å². The van der Waals surface area contributed by atoms with Gasteiger partial charge in [0.25, 0.3) is 0 Å². The zero-order valence-electron chi connectivity index (χ0n) is 40.0. The molecular weight excluding hydrogens is 911 g/mol. The Hall–Kier alpha value is -5.19. The molecule has 0 unspecified atom stereocenters. The van der Waals surface area contributed by atoms with Gasteiger partial charge in [0.15, 0.2) is 0 Å². The molecule has 5 heteroatoms. The minimum absolute atomic E-state index is 0. The first-order chi connectivity index (χ1) is 29.7. The fraction of sp³-hybridized carbons (Fsp3) is 0.222. The molecule has 1 aliphatic rings. The van der Waals surface area contributed by atoms with Crippen molar-refractivity contribution in [1.82, 2.24) is 14.5 Å². The van der Waals surface area contributed by atoms with E-state index < -0.39 is 26.7 Å². The van der Waals surface area contributed by atoms with Crippen LogP contribution in [0.5, 0.6) is 0 Å². The average Bonchev–Trinajstić information content (AvgIpc) is 3.75. The van der Waals surface area contributed by atoms with E-state index in [1.165, 1.54) is 39.4 Å². The largest absolute Gasteiger partial charge is 0.333 e. The third kappa shape index (κ3) is 8.61. The van der Waals surface area contributed by atoms with Gasteiger partial charge in [0.05, 0.1) is 24.9 Å². The van der Waals surface area contributed by atoms with Crippen molar-refractivity contribution in [3.63, 3.8) is 0 Å². The molecule has 6 aromatic carbocycles. The van der Waals surface area contributed by atoms with Crippen molar-refractivity contribution in [2.45, 2.75) is 72.9 Å². The Labute approximate surface area is 373 Å². The number of nitrogens with zero attached hydrogens (tertiary/aromatic N) is 3. The molecule has 0 N–H and O–H groups in total. The van der Waals surface area contributed by atoms with Crippen LogP contribution in [0.1, 0.15) is 63.7 Å². The maximum atomic E-state index is 8.79. The summed E-state index contributed by atoms with van der Waals surface area (Å²) < 4.78 is 42.3. The third-order valence-electron chi connectivity index (χ3n) is 10.9. The van der Waals surface area contributed by atoms with Crippen LogP contribution in [0.3, 0.4) is 0 Å². The zero-order valence-corrected chi connectivity index (χ0v) is 38.4. The van der Waals surface area contributed by atoms with E-state index in [9.17, 15) is 0 Å². The Balaban J connectivity index is 0.000000197. The number of hydrogen-bond donors (Lipinski definition) is 0. The second kappa shape index (κ2) is 16.5. The number of benzene rings is 6. The first kappa shape index (κ1) is 35.7. The number of hydrogen-bond acceptors (Lipinski definition) is 2. The molecule has 1 aliphatic carbocycles. The van der Waals surface area contributed by atoms with Gasteiger partial charge >= 0.3 is 0 Å². The predicted octanol–water partition coefficient (Wildman–Crippen LogP) is 13.5. The molecule has 59 heavy (non-hydrogen) atoms. The van der Waals surface area contributed by atoms with Crippen LogP contribution < -0.4 is 5.19 Å². The fourth-order valence-electron chi connectivity index (χ4n) is 7.96. The molecule has 0 atom stereocenters. The van der Waals surface area contributed by atoms with E-state index in [4.69, 9.17) is 11.8 Å². The summed E-state index contributed by atoms with van der Waals surface area (Å²) in [5.41, 5.74) is 13.4. The minimum atomic E-state index is -2.17. The van der Waals surface area contributed by atoms with Gasteiger partial charge in [-0.2, -0.15) is 0 Å². The topological polar surface area (TPSA) is 30.7 Å². The Kier molecular flexibility index (Phi) is 9.96. The van der Waals surface area contributed by atoms with Crippen LogP contribution in [-0.2, 0) is 31.9 Å². The monoisotopic (exact) mass is 969 g/mol. The molecule has 2 aromatic heterocycles. The molecule has 9 rings (SSSR count). The Bertz CT molecular complexity index is 2940. The molecule has 8 aromatic rings. The van der Waals surface area contributed by atoms with Crippen molar-refractivity contribution in [3.05, 3.63) is 180 Å². The van der Waals surface area contributed by atoms with Gasteiger partial charge < -0.3 is 9.55 Å². The first-order valence-electron chi connectivity index (χ1n) is 22.5. The van der Waals surface area contributed by atoms with Crippen molar-refractivity contribution < 1.29 is 27.0 Å². The van der Waals surface area contributed by atoms with Gasteiger partial charge in [-0.3, -0.25) is 4.98 Å². The number of aryl methyl sites for hydroxylation is 1. The summed E-state index contributed by atoms with van der Waals surface area (Å²) in [6, 6.07) is 53.9. The molecular formula is C54H53IrN3Si-2. The molecule has 1 radical (unpaired) electrons. The van der Waals surface area contributed by atoms with Crippen molar-refractivity contribution in [1.29, 1.82) is 0 Å². The molecule has 0 amide bonds. The van der Waals surface area contributed by atoms with E-state index >= 15 is 0 Å². The summed E-state index contributed by atoms with van der Waals surface area (Å²) in [6.07, 6.45) is 0.269. The summed E-state index contributed by atoms with van der Waals surface area (Å²) in [5.74, 6) is 0.911. The minimum Gasteiger partial charge on any atom is -0.333 e. The summed E-state index contributed by atoms with van der Waals surface area (Å²) in [4.78, 5) is 9.65. The number of fused-ring (bicyclic) bond motifs is 4. The quantitative estimate of drug-likeness (QED) is 0.123. The SMILES string of the molecule is CC1(C)c2c[c-]c(-c3nc4ccccc4n3-c3ccc(-c4ccccc4)cc3)cc2-c2ccccc21.[2H]C([2H])([2H])c1c[c-]c(-c2cc(C([2H])([2H])C(C)(C)C)c([Si](C)(C)C)cn2)cc1.[Ir]. The van der Waals surface area contributed by atoms with Gasteiger partial charge in [0.2, 0.25) is 0 Å². The van der Waals surface area contributed by atoms with Gasteiger partial charge in [0.1, 0.15) is 0 Å². The van der Waals surface area contributed by atoms with Crippen molar-refractivity contribution in [3.8, 4) is 50.6 Å². The number of pyridine rings is 1. The van der Waals surface area contributed by atoms with E-state index in [0.717, 1.165) is 33.3 Å². The van der Waals surface area contributed by atoms with Crippen LogP contribution in [0.25, 0.3) is 61.6 Å². The maximum Gasteiger partial charge on any atom is 0.0798 e. The van der Waals surface area contributed by atoms with E-state index in [-0.39, 0.29) is 31.1 Å². The standard InChI is InChI=1S/C34H25N2.C20H28NSi.Ir/c1-34(2)29-13-7-6-12-27(29)28-22-25(18-21-30(28)34)33-35-31-14-8-9-15-32(31)36(33)26-19-16-24(17-20-26)23-10-4-3-5-11-23;1-15-8-10-16(11-9-15)18-12-17(13-20(2,3)4)19(14-21-18)22(5,6)7;/h3-17,19-22H,1-2H3;8-10,12,14H,13H2,1-7H3;/q2*-1;/i;1D3,13D2;. The third-order valence-corrected chi connectivity index (χ3v) is 12.9. The first-order valence-corrected chi connectivity index (χ1v) is 23.5. The van der Waals surface area contributed by atoms with Crippen LogP contribution >= 0.6 is 0 Å². The van der Waals surface area contributed by atoms with Crippen LogP contribution in [0.4, 0.5) is 0 Å². The Morgan fingerprint density at radius 1 is 0.729 bits per heavy atom. The maximum absolute atomic E-state index is 8.79. The summed E-state index contributed by atoms with van der Waals surface area (Å²) in [7, 11) is -1.81. The second-order valence-electron chi connectivity index (χ2n) is 17.7. The number of imidazole rings is 1. The van der Waals surface area contributed by atoms with Gasteiger partial charge in [-0.25, -0.2) is 0 Å². The van der Waals surface area contributed by atoms with Gasteiger partial charge in [-0.15, -0.1) is 64.7 Å². The van der Waals surface area contributed by atoms with Gasteiger partial charge in [0, 0.05) is 38.8 Å². The Morgan fingerprint density at radius 2 is 1.41 bits per heavy atom. The molecule has 299 valence electrons. The van der Waals surface area contributed by atoms with E-state index in [1.807, 2.05) is 32.9 Å². The van der Waals surface area contributed by atoms with Crippen LogP contribution in [0.2, 0.25) is 19.6 Å². The molecule has 0 aliphatic heterocycles. The fourth-order valence-corrected chi connectivity index (χ4v) is 9.36. The van der Waals surface area contributed by atoms with Crippen LogP contribution in [0.15, 0.2) is 146 Å². The van der Waals surface area contributed by atoms with Crippen molar-refractivity contribution >= 4 is 24.3 Å². The predicted molar refractivity (Wildman–Crippen MR) is 248 cm³/mol. The molecule has 2 heterocycles. The number of rotatable bonds is 6. The average molecular weight is 969 g/mol. The zero-order chi connectivity index (χ0) is 45.1. The van der Waals surface area contributed by atoms with Crippen molar-refractivity contribution in [2.24, 2.45) is 5.41 Å². The number of para-hydroxylation sites is 2. The molecule has 0 saturated heterocycles. The van der Waals surface area contributed by atoms with Crippen molar-refractivity contribution in [2.75, 3.05) is 0 Å². The second-order valence-corrected chi connectivity index (χ2v) is 22.8.